The molecule has 1 heteroatoms. The van der Waals surface area contributed by atoms with Crippen molar-refractivity contribution in [3.8, 4) is 0 Å². The number of pyridine rings is 1. The predicted octanol–water partition coefficient (Wildman–Crippen LogP) is 3.73. The topological polar surface area (TPSA) is 3.88 Å². The number of unbranched alkanes of at least 4 members (excludes halogenated alkanes) is 3. The quantitative estimate of drug-likeness (QED) is 0.508. The minimum Gasteiger partial charge on any atom is -0.202 e. The molecule has 0 saturated carbocycles. The highest BCUT2D eigenvalue weighted by atomic mass is 15.0. The highest BCUT2D eigenvalue weighted by molar-refractivity contribution is 5.18. The number of aryl methyl sites for hydroxylation is 3. The molecule has 0 aliphatic heterocycles. The lowest BCUT2D eigenvalue weighted by molar-refractivity contribution is -0.705. The van der Waals surface area contributed by atoms with Crippen molar-refractivity contribution >= 4 is 0 Å². The zero-order chi connectivity index (χ0) is 12.0. The molecule has 0 aliphatic carbocycles. The van der Waals surface area contributed by atoms with Crippen LogP contribution in [0.2, 0.25) is 0 Å². The molecule has 1 aromatic rings. The lowest BCUT2D eigenvalue weighted by atomic mass is 10.1. The van der Waals surface area contributed by atoms with E-state index in [1.807, 2.05) is 0 Å². The van der Waals surface area contributed by atoms with Crippen LogP contribution in [0.25, 0.3) is 0 Å². The Morgan fingerprint density at radius 2 is 1.81 bits per heavy atom. The van der Waals surface area contributed by atoms with Gasteiger partial charge in [-0.3, -0.25) is 0 Å². The van der Waals surface area contributed by atoms with Gasteiger partial charge in [-0.25, -0.2) is 4.57 Å². The van der Waals surface area contributed by atoms with E-state index in [0.717, 1.165) is 6.42 Å². The van der Waals surface area contributed by atoms with E-state index in [4.69, 9.17) is 0 Å². The number of hydrogen-bond donors (Lipinski definition) is 0. The molecule has 0 amide bonds. The summed E-state index contributed by atoms with van der Waals surface area (Å²) in [5.74, 6) is 0. The highest BCUT2D eigenvalue weighted by Crippen LogP contribution is 2.07. The van der Waals surface area contributed by atoms with E-state index in [2.05, 4.69) is 44.5 Å². The molecule has 0 radical (unpaired) electrons. The van der Waals surface area contributed by atoms with Crippen LogP contribution in [-0.2, 0) is 13.0 Å². The van der Waals surface area contributed by atoms with Crippen LogP contribution in [0.3, 0.4) is 0 Å². The molecule has 0 bridgehead atoms. The van der Waals surface area contributed by atoms with Crippen LogP contribution in [0, 0.1) is 13.8 Å². The normalized spacial score (nSPS) is 10.8. The maximum Gasteiger partial charge on any atom is 0.183 e. The second-order valence-corrected chi connectivity index (χ2v) is 4.75. The minimum atomic E-state index is 1.14. The van der Waals surface area contributed by atoms with Crippen molar-refractivity contribution in [2.75, 3.05) is 0 Å². The Morgan fingerprint density at radius 1 is 1.06 bits per heavy atom. The molecule has 0 aliphatic rings. The monoisotopic (exact) mass is 220 g/mol. The molecule has 1 aromatic heterocycles. The third-order valence-corrected chi connectivity index (χ3v) is 3.19. The number of aromatic nitrogens is 1. The first kappa shape index (κ1) is 13.2. The fourth-order valence-electron chi connectivity index (χ4n) is 2.40. The van der Waals surface area contributed by atoms with Gasteiger partial charge in [0.2, 0.25) is 0 Å². The van der Waals surface area contributed by atoms with Crippen molar-refractivity contribution in [3.05, 3.63) is 29.1 Å². The number of nitrogens with zero attached hydrogens (tertiary/aromatic N) is 1. The Kier molecular flexibility index (Phi) is 5.51. The first-order valence-corrected chi connectivity index (χ1v) is 6.68. The van der Waals surface area contributed by atoms with Gasteiger partial charge < -0.3 is 0 Å². The summed E-state index contributed by atoms with van der Waals surface area (Å²) >= 11 is 0. The zero-order valence-electron chi connectivity index (χ0n) is 11.3. The molecule has 1 nitrogen and oxygen atoms in total. The van der Waals surface area contributed by atoms with Crippen molar-refractivity contribution in [3.63, 3.8) is 0 Å². The zero-order valence-corrected chi connectivity index (χ0v) is 11.3. The molecule has 0 N–H and O–H groups in total. The first-order chi connectivity index (χ1) is 7.69. The van der Waals surface area contributed by atoms with Crippen molar-refractivity contribution in [2.24, 2.45) is 0 Å². The van der Waals surface area contributed by atoms with E-state index >= 15 is 0 Å². The van der Waals surface area contributed by atoms with Crippen LogP contribution in [0.4, 0.5) is 0 Å². The van der Waals surface area contributed by atoms with Crippen LogP contribution in [0.1, 0.15) is 56.4 Å². The lowest BCUT2D eigenvalue weighted by Crippen LogP contribution is -2.39. The van der Waals surface area contributed by atoms with Gasteiger partial charge in [-0.15, -0.1) is 0 Å². The van der Waals surface area contributed by atoms with E-state index in [-0.39, 0.29) is 0 Å². The van der Waals surface area contributed by atoms with E-state index in [1.165, 1.54) is 49.0 Å². The van der Waals surface area contributed by atoms with Crippen molar-refractivity contribution in [1.82, 2.24) is 0 Å². The van der Waals surface area contributed by atoms with Gasteiger partial charge >= 0.3 is 0 Å². The van der Waals surface area contributed by atoms with Crippen LogP contribution in [0.5, 0.6) is 0 Å². The molecule has 0 saturated heterocycles. The first-order valence-electron chi connectivity index (χ1n) is 6.68. The van der Waals surface area contributed by atoms with E-state index < -0.39 is 0 Å². The van der Waals surface area contributed by atoms with Crippen LogP contribution in [0.15, 0.2) is 12.3 Å². The fourth-order valence-corrected chi connectivity index (χ4v) is 2.40. The molecule has 16 heavy (non-hydrogen) atoms. The Hall–Kier alpha value is -0.850. The Bertz CT molecular complexity index is 328. The smallest absolute Gasteiger partial charge is 0.183 e. The van der Waals surface area contributed by atoms with Gasteiger partial charge in [0.15, 0.2) is 11.9 Å². The van der Waals surface area contributed by atoms with Gasteiger partial charge in [0.25, 0.3) is 0 Å². The van der Waals surface area contributed by atoms with Crippen molar-refractivity contribution in [2.45, 2.75) is 66.3 Å². The van der Waals surface area contributed by atoms with Crippen LogP contribution in [-0.4, -0.2) is 0 Å². The van der Waals surface area contributed by atoms with Crippen LogP contribution >= 0.6 is 0 Å². The summed E-state index contributed by atoms with van der Waals surface area (Å²) < 4.78 is 2.46. The Morgan fingerprint density at radius 3 is 2.44 bits per heavy atom. The van der Waals surface area contributed by atoms with E-state index in [1.54, 1.807) is 0 Å². The van der Waals surface area contributed by atoms with Crippen LogP contribution < -0.4 is 4.57 Å². The Balaban J connectivity index is 2.69. The molecule has 90 valence electrons. The SMILES string of the molecule is CCCCCC[n+]1cc(C)cc(C)c1CC. The average Bonchev–Trinajstić information content (AvgIpc) is 2.24. The summed E-state index contributed by atoms with van der Waals surface area (Å²) in [6, 6.07) is 2.29. The lowest BCUT2D eigenvalue weighted by Gasteiger charge is -2.06. The number of rotatable bonds is 6. The third-order valence-electron chi connectivity index (χ3n) is 3.19. The van der Waals surface area contributed by atoms with Crippen molar-refractivity contribution < 1.29 is 4.57 Å². The molecular weight excluding hydrogens is 194 g/mol. The Labute approximate surface area is 101 Å². The molecule has 0 spiro atoms. The predicted molar refractivity (Wildman–Crippen MR) is 69.6 cm³/mol. The maximum absolute atomic E-state index is 2.46. The highest BCUT2D eigenvalue weighted by Gasteiger charge is 2.12. The maximum atomic E-state index is 2.46. The average molecular weight is 220 g/mol. The summed E-state index contributed by atoms with van der Waals surface area (Å²) in [4.78, 5) is 0. The fraction of sp³-hybridized carbons (Fsp3) is 0.667. The minimum absolute atomic E-state index is 1.14. The molecular formula is C15H26N+. The van der Waals surface area contributed by atoms with Gasteiger partial charge in [-0.05, 0) is 26.3 Å². The number of hydrogen-bond acceptors (Lipinski definition) is 0. The largest absolute Gasteiger partial charge is 0.202 e. The van der Waals surface area contributed by atoms with Gasteiger partial charge in [-0.1, -0.05) is 26.7 Å². The standard InChI is InChI=1S/C15H26N/c1-5-7-8-9-10-16-12-13(3)11-14(4)15(16)6-2/h11-12H,5-10H2,1-4H3/q+1. The van der Waals surface area contributed by atoms with E-state index in [0.29, 0.717) is 0 Å². The van der Waals surface area contributed by atoms with Gasteiger partial charge in [-0.2, -0.15) is 0 Å². The van der Waals surface area contributed by atoms with E-state index in [9.17, 15) is 0 Å². The summed E-state index contributed by atoms with van der Waals surface area (Å²) in [5, 5.41) is 0. The summed E-state index contributed by atoms with van der Waals surface area (Å²) in [6.07, 6.45) is 8.80. The van der Waals surface area contributed by atoms with Gasteiger partial charge in [0, 0.05) is 24.0 Å². The molecule has 1 heterocycles. The van der Waals surface area contributed by atoms with Gasteiger partial charge in [0.05, 0.1) is 0 Å². The second-order valence-electron chi connectivity index (χ2n) is 4.75. The van der Waals surface area contributed by atoms with Crippen molar-refractivity contribution in [1.29, 1.82) is 0 Å². The molecule has 0 aromatic carbocycles. The summed E-state index contributed by atoms with van der Waals surface area (Å²) in [6.45, 7) is 10.1. The third kappa shape index (κ3) is 3.62. The summed E-state index contributed by atoms with van der Waals surface area (Å²) in [7, 11) is 0. The van der Waals surface area contributed by atoms with Gasteiger partial charge in [0.1, 0.15) is 6.54 Å². The molecule has 0 atom stereocenters. The summed E-state index contributed by atoms with van der Waals surface area (Å²) in [5.41, 5.74) is 4.32. The molecule has 1 rings (SSSR count). The molecule has 0 unspecified atom stereocenters. The molecule has 0 fully saturated rings. The second kappa shape index (κ2) is 6.67.